The quantitative estimate of drug-likeness (QED) is 0.272. The number of aryl methyl sites for hydroxylation is 1. The molecule has 260 valence electrons. The van der Waals surface area contributed by atoms with Gasteiger partial charge in [-0.15, -0.1) is 0 Å². The Morgan fingerprint density at radius 2 is 1.52 bits per heavy atom. The molecule has 2 aliphatic heterocycles. The summed E-state index contributed by atoms with van der Waals surface area (Å²) in [6.45, 7) is 8.77. The lowest BCUT2D eigenvalue weighted by molar-refractivity contribution is -0.131. The summed E-state index contributed by atoms with van der Waals surface area (Å²) >= 11 is 0. The highest BCUT2D eigenvalue weighted by Crippen LogP contribution is 2.24. The Hall–Kier alpha value is -3.84. The van der Waals surface area contributed by atoms with Crippen LogP contribution in [-0.4, -0.2) is 79.2 Å². The zero-order valence-electron chi connectivity index (χ0n) is 27.8. The number of hydrogen-bond donors (Lipinski definition) is 2. The molecule has 48 heavy (non-hydrogen) atoms. The first-order valence-electron chi connectivity index (χ1n) is 16.3. The van der Waals surface area contributed by atoms with Crippen LogP contribution in [0.25, 0.3) is 11.1 Å². The summed E-state index contributed by atoms with van der Waals surface area (Å²) in [7, 11) is -4.02. The lowest BCUT2D eigenvalue weighted by Gasteiger charge is -2.31. The van der Waals surface area contributed by atoms with Crippen molar-refractivity contribution in [2.75, 3.05) is 26.2 Å². The summed E-state index contributed by atoms with van der Waals surface area (Å²) in [6.07, 6.45) is 3.49. The Morgan fingerprint density at radius 1 is 0.917 bits per heavy atom. The van der Waals surface area contributed by atoms with Crippen LogP contribution < -0.4 is 5.73 Å². The molecule has 0 aromatic heterocycles. The Kier molecular flexibility index (Phi) is 13.1. The van der Waals surface area contributed by atoms with Gasteiger partial charge in [0.1, 0.15) is 5.82 Å². The minimum absolute atomic E-state index is 0.0666. The van der Waals surface area contributed by atoms with Gasteiger partial charge in [0.15, 0.2) is 0 Å². The first-order valence-corrected chi connectivity index (χ1v) is 17.8. The molecule has 2 amide bonds. The second kappa shape index (κ2) is 17.0. The van der Waals surface area contributed by atoms with Crippen LogP contribution in [0.5, 0.6) is 0 Å². The van der Waals surface area contributed by atoms with Gasteiger partial charge < -0.3 is 25.0 Å². The predicted molar refractivity (Wildman–Crippen MR) is 181 cm³/mol. The van der Waals surface area contributed by atoms with E-state index < -0.39 is 16.2 Å². The normalized spacial score (nSPS) is 16.0. The van der Waals surface area contributed by atoms with E-state index >= 15 is 0 Å². The van der Waals surface area contributed by atoms with Crippen molar-refractivity contribution in [2.45, 2.75) is 82.6 Å². The number of nitrogens with zero attached hydrogens (tertiary/aromatic N) is 2. The van der Waals surface area contributed by atoms with Crippen molar-refractivity contribution >= 4 is 22.1 Å². The highest BCUT2D eigenvalue weighted by Gasteiger charge is 2.26. The second-order valence-corrected chi connectivity index (χ2v) is 14.0. The van der Waals surface area contributed by atoms with Gasteiger partial charge in [0.05, 0.1) is 29.8 Å². The standard InChI is InChI=1S/C29H38FN3O4.C7H8O3S/c1-20(2)37-29(35)33-15-11-25(12-16-33)36-19-21-5-7-22(8-6-21)23-9-10-24(26(30)17-23)18-27(31)28(34)32-13-3-4-14-32;1-6-2-4-7(5-3-6)11(8,9)10/h5-10,17,20,25,27H,3-4,11-16,18-19,31H2,1-2H3;2-5H,1H3,(H,8,9,10)/t27-;/m0./s1. The number of rotatable bonds is 9. The van der Waals surface area contributed by atoms with Gasteiger partial charge >= 0.3 is 6.09 Å². The highest BCUT2D eigenvalue weighted by molar-refractivity contribution is 7.85. The molecule has 1 atom stereocenters. The molecule has 2 aliphatic rings. The molecular formula is C36H46FN3O7S. The molecular weight excluding hydrogens is 637 g/mol. The van der Waals surface area contributed by atoms with E-state index in [4.69, 9.17) is 19.8 Å². The van der Waals surface area contributed by atoms with Crippen LogP contribution in [0.2, 0.25) is 0 Å². The van der Waals surface area contributed by atoms with E-state index in [0.717, 1.165) is 61.0 Å². The molecule has 0 unspecified atom stereocenters. The number of likely N-dealkylation sites (tertiary alicyclic amines) is 2. The lowest BCUT2D eigenvalue weighted by atomic mass is 9.99. The third-order valence-electron chi connectivity index (χ3n) is 8.36. The van der Waals surface area contributed by atoms with Crippen molar-refractivity contribution in [3.05, 3.63) is 89.2 Å². The Balaban J connectivity index is 0.000000401. The van der Waals surface area contributed by atoms with E-state index in [1.807, 2.05) is 51.1 Å². The molecule has 0 saturated carbocycles. The smallest absolute Gasteiger partial charge is 0.410 e. The average molecular weight is 684 g/mol. The van der Waals surface area contributed by atoms with Crippen molar-refractivity contribution in [3.8, 4) is 11.1 Å². The zero-order chi connectivity index (χ0) is 34.8. The largest absolute Gasteiger partial charge is 0.447 e. The number of ether oxygens (including phenoxy) is 2. The molecule has 2 heterocycles. The van der Waals surface area contributed by atoms with Crippen molar-refractivity contribution in [2.24, 2.45) is 5.73 Å². The molecule has 12 heteroatoms. The van der Waals surface area contributed by atoms with E-state index in [0.29, 0.717) is 25.3 Å². The molecule has 10 nitrogen and oxygen atoms in total. The van der Waals surface area contributed by atoms with E-state index in [2.05, 4.69) is 0 Å². The number of benzene rings is 3. The summed E-state index contributed by atoms with van der Waals surface area (Å²) in [6, 6.07) is 18.3. The number of nitrogens with two attached hydrogens (primary N) is 1. The summed E-state index contributed by atoms with van der Waals surface area (Å²) in [5.74, 6) is -0.448. The summed E-state index contributed by atoms with van der Waals surface area (Å²) in [5, 5.41) is 0. The van der Waals surface area contributed by atoms with Crippen molar-refractivity contribution in [1.29, 1.82) is 0 Å². The first-order chi connectivity index (χ1) is 22.8. The fourth-order valence-corrected chi connectivity index (χ4v) is 6.07. The molecule has 5 rings (SSSR count). The van der Waals surface area contributed by atoms with Crippen LogP contribution in [0.4, 0.5) is 9.18 Å². The molecule has 3 aromatic carbocycles. The van der Waals surface area contributed by atoms with E-state index in [1.165, 1.54) is 18.2 Å². The Bertz CT molecular complexity index is 1620. The fraction of sp³-hybridized carbons (Fsp3) is 0.444. The molecule has 0 radical (unpaired) electrons. The Morgan fingerprint density at radius 3 is 2.08 bits per heavy atom. The lowest BCUT2D eigenvalue weighted by Crippen LogP contribution is -2.43. The number of carbonyl (C=O) groups excluding carboxylic acids is 2. The average Bonchev–Trinajstić information content (AvgIpc) is 3.60. The fourth-order valence-electron chi connectivity index (χ4n) is 5.59. The number of halogens is 1. The minimum Gasteiger partial charge on any atom is -0.447 e. The van der Waals surface area contributed by atoms with Gasteiger partial charge in [0, 0.05) is 26.2 Å². The van der Waals surface area contributed by atoms with Crippen LogP contribution in [0.3, 0.4) is 0 Å². The van der Waals surface area contributed by atoms with Crippen LogP contribution in [0, 0.1) is 12.7 Å². The maximum atomic E-state index is 14.8. The monoisotopic (exact) mass is 683 g/mol. The second-order valence-electron chi connectivity index (χ2n) is 12.6. The summed E-state index contributed by atoms with van der Waals surface area (Å²) < 4.78 is 55.7. The van der Waals surface area contributed by atoms with Crippen LogP contribution in [-0.2, 0) is 37.4 Å². The van der Waals surface area contributed by atoms with Crippen molar-refractivity contribution in [3.63, 3.8) is 0 Å². The Labute approximate surface area is 282 Å². The number of hydrogen-bond acceptors (Lipinski definition) is 7. The van der Waals surface area contributed by atoms with Gasteiger partial charge in [0.25, 0.3) is 10.1 Å². The highest BCUT2D eigenvalue weighted by atomic mass is 32.2. The molecule has 0 aliphatic carbocycles. The van der Waals surface area contributed by atoms with Crippen LogP contribution in [0.15, 0.2) is 71.6 Å². The number of carbonyl (C=O) groups is 2. The predicted octanol–water partition coefficient (Wildman–Crippen LogP) is 5.75. The van der Waals surface area contributed by atoms with Gasteiger partial charge in [-0.3, -0.25) is 9.35 Å². The summed E-state index contributed by atoms with van der Waals surface area (Å²) in [4.78, 5) is 27.9. The van der Waals surface area contributed by atoms with Gasteiger partial charge in [-0.05, 0) is 93.3 Å². The van der Waals surface area contributed by atoms with E-state index in [1.54, 1.807) is 28.0 Å². The molecule has 0 spiro atoms. The van der Waals surface area contributed by atoms with Crippen LogP contribution >= 0.6 is 0 Å². The molecule has 2 fully saturated rings. The maximum Gasteiger partial charge on any atom is 0.410 e. The van der Waals surface area contributed by atoms with Crippen molar-refractivity contribution in [1.82, 2.24) is 9.80 Å². The number of piperidine rings is 1. The topological polar surface area (TPSA) is 139 Å². The molecule has 0 bridgehead atoms. The van der Waals surface area contributed by atoms with Crippen LogP contribution in [0.1, 0.15) is 56.2 Å². The van der Waals surface area contributed by atoms with Gasteiger partial charge in [-0.1, -0.05) is 54.1 Å². The van der Waals surface area contributed by atoms with Gasteiger partial charge in [0.2, 0.25) is 5.91 Å². The maximum absolute atomic E-state index is 14.8. The molecule has 2 saturated heterocycles. The third-order valence-corrected chi connectivity index (χ3v) is 9.22. The third kappa shape index (κ3) is 10.8. The molecule has 3 aromatic rings. The van der Waals surface area contributed by atoms with E-state index in [-0.39, 0.29) is 41.3 Å². The van der Waals surface area contributed by atoms with Gasteiger partial charge in [-0.25, -0.2) is 9.18 Å². The zero-order valence-corrected chi connectivity index (χ0v) is 28.6. The van der Waals surface area contributed by atoms with E-state index in [9.17, 15) is 22.4 Å². The number of amides is 2. The SMILES string of the molecule is CC(C)OC(=O)N1CCC(OCc2ccc(-c3ccc(C[C@H](N)C(=O)N4CCCC4)c(F)c3)cc2)CC1.Cc1ccc(S(=O)(=O)O)cc1. The molecule has 3 N–H and O–H groups in total. The summed E-state index contributed by atoms with van der Waals surface area (Å²) in [5.41, 5.74) is 10.2. The first kappa shape index (κ1) is 37.0. The minimum atomic E-state index is -4.02. The van der Waals surface area contributed by atoms with Crippen molar-refractivity contribution < 1.29 is 36.4 Å². The van der Waals surface area contributed by atoms with Gasteiger partial charge in [-0.2, -0.15) is 8.42 Å².